The SMILES string of the molecule is Cc1ccc(N(c2ccc(C(C)C)cc2)c2ccc(-c3ccc(N(c4ccc(C(C)C)cc4)c4ccc(C)cc4C)cc3C)c(C)c2)c(C)c1. The first-order valence-corrected chi connectivity index (χ1v) is 18.1. The molecule has 2 nitrogen and oxygen atoms in total. The molecule has 0 aromatic heterocycles. The number of hydrogen-bond acceptors (Lipinski definition) is 2. The molecule has 50 heavy (non-hydrogen) atoms. The van der Waals surface area contributed by atoms with E-state index in [9.17, 15) is 0 Å². The van der Waals surface area contributed by atoms with Crippen LogP contribution < -0.4 is 9.80 Å². The molecule has 6 aromatic rings. The van der Waals surface area contributed by atoms with E-state index < -0.39 is 0 Å². The summed E-state index contributed by atoms with van der Waals surface area (Å²) in [5, 5.41) is 0. The van der Waals surface area contributed by atoms with Gasteiger partial charge in [0.1, 0.15) is 0 Å². The first-order chi connectivity index (χ1) is 23.9. The number of hydrogen-bond donors (Lipinski definition) is 0. The standard InChI is InChI=1S/C48H52N2/c1-31(2)39-13-17-41(18-14-39)49(47-25-11-33(5)27-37(47)9)43-21-23-45(35(7)29-43)46-24-22-44(30-36(46)8)50(48-26-12-34(6)28-38(48)10)42-19-15-40(16-20-42)32(3)4/h11-32H,1-10H3. The lowest BCUT2D eigenvalue weighted by Gasteiger charge is -2.29. The van der Waals surface area contributed by atoms with Crippen molar-refractivity contribution in [3.63, 3.8) is 0 Å². The minimum atomic E-state index is 0.494. The average molecular weight is 657 g/mol. The van der Waals surface area contributed by atoms with Crippen LogP contribution in [0.1, 0.15) is 84.0 Å². The number of nitrogens with zero attached hydrogens (tertiary/aromatic N) is 2. The predicted octanol–water partition coefficient (Wildman–Crippen LogP) is 14.4. The molecule has 0 heterocycles. The highest BCUT2D eigenvalue weighted by Gasteiger charge is 2.19. The lowest BCUT2D eigenvalue weighted by Crippen LogP contribution is -2.12. The van der Waals surface area contributed by atoms with Crippen LogP contribution in [0.5, 0.6) is 0 Å². The van der Waals surface area contributed by atoms with E-state index in [0.29, 0.717) is 11.8 Å². The highest BCUT2D eigenvalue weighted by atomic mass is 15.1. The Morgan fingerprint density at radius 2 is 0.680 bits per heavy atom. The molecular weight excluding hydrogens is 605 g/mol. The van der Waals surface area contributed by atoms with Crippen molar-refractivity contribution in [1.82, 2.24) is 0 Å². The maximum atomic E-state index is 2.40. The van der Waals surface area contributed by atoms with Crippen molar-refractivity contribution in [1.29, 1.82) is 0 Å². The zero-order chi connectivity index (χ0) is 35.7. The fourth-order valence-corrected chi connectivity index (χ4v) is 7.16. The Kier molecular flexibility index (Phi) is 10.0. The van der Waals surface area contributed by atoms with Crippen molar-refractivity contribution in [2.24, 2.45) is 0 Å². The predicted molar refractivity (Wildman–Crippen MR) is 218 cm³/mol. The van der Waals surface area contributed by atoms with E-state index in [-0.39, 0.29) is 0 Å². The Hall–Kier alpha value is -5.08. The summed E-state index contributed by atoms with van der Waals surface area (Å²) < 4.78 is 0. The molecule has 0 unspecified atom stereocenters. The molecule has 0 radical (unpaired) electrons. The van der Waals surface area contributed by atoms with Gasteiger partial charge in [0, 0.05) is 34.1 Å². The van der Waals surface area contributed by atoms with Gasteiger partial charge in [0.25, 0.3) is 0 Å². The lowest BCUT2D eigenvalue weighted by atomic mass is 9.94. The minimum absolute atomic E-state index is 0.494. The van der Waals surface area contributed by atoms with Gasteiger partial charge in [-0.25, -0.2) is 0 Å². The van der Waals surface area contributed by atoms with Crippen LogP contribution in [-0.4, -0.2) is 0 Å². The van der Waals surface area contributed by atoms with Gasteiger partial charge in [0.05, 0.1) is 0 Å². The van der Waals surface area contributed by atoms with Crippen molar-refractivity contribution in [3.8, 4) is 11.1 Å². The van der Waals surface area contributed by atoms with Gasteiger partial charge in [-0.05, 0) is 159 Å². The Morgan fingerprint density at radius 3 is 0.980 bits per heavy atom. The van der Waals surface area contributed by atoms with Crippen LogP contribution in [0.2, 0.25) is 0 Å². The maximum Gasteiger partial charge on any atom is 0.0490 e. The van der Waals surface area contributed by atoms with Crippen LogP contribution in [0.4, 0.5) is 34.1 Å². The molecule has 0 spiro atoms. The van der Waals surface area contributed by atoms with Crippen LogP contribution >= 0.6 is 0 Å². The van der Waals surface area contributed by atoms with Gasteiger partial charge < -0.3 is 9.80 Å². The lowest BCUT2D eigenvalue weighted by molar-refractivity contribution is 0.866. The summed E-state index contributed by atoms with van der Waals surface area (Å²) in [6, 6.07) is 45.5. The summed E-state index contributed by atoms with van der Waals surface area (Å²) in [6.45, 7) is 22.2. The topological polar surface area (TPSA) is 6.48 Å². The minimum Gasteiger partial charge on any atom is -0.310 e. The first kappa shape index (κ1) is 34.8. The number of anilines is 6. The van der Waals surface area contributed by atoms with E-state index in [1.165, 1.54) is 78.4 Å². The molecule has 6 aromatic carbocycles. The molecule has 254 valence electrons. The van der Waals surface area contributed by atoms with Gasteiger partial charge >= 0.3 is 0 Å². The monoisotopic (exact) mass is 656 g/mol. The van der Waals surface area contributed by atoms with Gasteiger partial charge in [-0.2, -0.15) is 0 Å². The third kappa shape index (κ3) is 7.12. The fourth-order valence-electron chi connectivity index (χ4n) is 7.16. The van der Waals surface area contributed by atoms with Crippen LogP contribution in [-0.2, 0) is 0 Å². The first-order valence-electron chi connectivity index (χ1n) is 18.1. The number of benzene rings is 6. The summed E-state index contributed by atoms with van der Waals surface area (Å²) in [6.07, 6.45) is 0. The van der Waals surface area contributed by atoms with Crippen molar-refractivity contribution >= 4 is 34.1 Å². The van der Waals surface area contributed by atoms with E-state index in [0.717, 1.165) is 11.4 Å². The summed E-state index contributed by atoms with van der Waals surface area (Å²) in [5.41, 5.74) is 19.9. The Bertz CT molecular complexity index is 1960. The van der Waals surface area contributed by atoms with Crippen LogP contribution in [0, 0.1) is 41.5 Å². The van der Waals surface area contributed by atoms with Gasteiger partial charge in [-0.1, -0.05) is 99.5 Å². The quantitative estimate of drug-likeness (QED) is 0.153. The molecule has 0 saturated heterocycles. The van der Waals surface area contributed by atoms with E-state index in [1.807, 2.05) is 0 Å². The van der Waals surface area contributed by atoms with Crippen LogP contribution in [0.3, 0.4) is 0 Å². The van der Waals surface area contributed by atoms with Gasteiger partial charge in [0.2, 0.25) is 0 Å². The summed E-state index contributed by atoms with van der Waals surface area (Å²) in [4.78, 5) is 4.80. The van der Waals surface area contributed by atoms with Crippen molar-refractivity contribution in [2.45, 2.75) is 81.1 Å². The summed E-state index contributed by atoms with van der Waals surface area (Å²) in [7, 11) is 0. The molecule has 0 saturated carbocycles. The maximum absolute atomic E-state index is 2.40. The molecule has 0 N–H and O–H groups in total. The fraction of sp³-hybridized carbons (Fsp3) is 0.250. The number of aryl methyl sites for hydroxylation is 6. The van der Waals surface area contributed by atoms with Gasteiger partial charge in [-0.3, -0.25) is 0 Å². The second-order valence-corrected chi connectivity index (χ2v) is 14.7. The zero-order valence-electron chi connectivity index (χ0n) is 31.6. The van der Waals surface area contributed by atoms with E-state index >= 15 is 0 Å². The summed E-state index contributed by atoms with van der Waals surface area (Å²) >= 11 is 0. The molecular formula is C48H52N2. The van der Waals surface area contributed by atoms with Crippen LogP contribution in [0.25, 0.3) is 11.1 Å². The highest BCUT2D eigenvalue weighted by molar-refractivity contribution is 5.84. The third-order valence-corrected chi connectivity index (χ3v) is 10.0. The second kappa shape index (κ2) is 14.4. The molecule has 0 aliphatic carbocycles. The second-order valence-electron chi connectivity index (χ2n) is 14.7. The molecule has 0 amide bonds. The largest absolute Gasteiger partial charge is 0.310 e. The molecule has 0 aliphatic rings. The number of rotatable bonds is 9. The molecule has 2 heteroatoms. The normalized spacial score (nSPS) is 11.4. The summed E-state index contributed by atoms with van der Waals surface area (Å²) in [5.74, 6) is 0.987. The van der Waals surface area contributed by atoms with Gasteiger partial charge in [0.15, 0.2) is 0 Å². The van der Waals surface area contributed by atoms with Crippen LogP contribution in [0.15, 0.2) is 121 Å². The molecule has 6 rings (SSSR count). The molecule has 0 fully saturated rings. The zero-order valence-corrected chi connectivity index (χ0v) is 31.6. The molecule has 0 atom stereocenters. The Labute approximate surface area is 301 Å². The highest BCUT2D eigenvalue weighted by Crippen LogP contribution is 2.42. The van der Waals surface area contributed by atoms with Crippen molar-refractivity contribution in [2.75, 3.05) is 9.80 Å². The average Bonchev–Trinajstić information content (AvgIpc) is 3.08. The smallest absolute Gasteiger partial charge is 0.0490 e. The Balaban J connectivity index is 1.40. The molecule has 0 aliphatic heterocycles. The molecule has 0 bridgehead atoms. The van der Waals surface area contributed by atoms with Gasteiger partial charge in [-0.15, -0.1) is 0 Å². The van der Waals surface area contributed by atoms with Crippen molar-refractivity contribution in [3.05, 3.63) is 166 Å². The van der Waals surface area contributed by atoms with E-state index in [4.69, 9.17) is 0 Å². The van der Waals surface area contributed by atoms with Crippen molar-refractivity contribution < 1.29 is 0 Å². The van der Waals surface area contributed by atoms with E-state index in [2.05, 4.69) is 200 Å². The van der Waals surface area contributed by atoms with E-state index in [1.54, 1.807) is 0 Å². The Morgan fingerprint density at radius 1 is 0.340 bits per heavy atom. The third-order valence-electron chi connectivity index (χ3n) is 10.0.